The van der Waals surface area contributed by atoms with Gasteiger partial charge >= 0.3 is 0 Å². The molecule has 5 rings (SSSR count). The number of nitrogens with zero attached hydrogens (tertiary/aromatic N) is 1. The van der Waals surface area contributed by atoms with Crippen molar-refractivity contribution in [1.29, 1.82) is 0 Å². The third-order valence-electron chi connectivity index (χ3n) is 7.89. The second kappa shape index (κ2) is 9.60. The van der Waals surface area contributed by atoms with E-state index in [-0.39, 0.29) is 38.9 Å². The molecule has 2 aromatic carbocycles. The summed E-state index contributed by atoms with van der Waals surface area (Å²) in [6.45, 7) is 11.3. The van der Waals surface area contributed by atoms with E-state index < -0.39 is 5.92 Å². The molecule has 3 aliphatic rings. The van der Waals surface area contributed by atoms with Crippen LogP contribution in [0.25, 0.3) is 0 Å². The lowest BCUT2D eigenvalue weighted by Gasteiger charge is -2.49. The number of hydrogen-bond acceptors (Lipinski definition) is 5. The van der Waals surface area contributed by atoms with E-state index in [9.17, 15) is 14.7 Å². The fraction of sp³-hybridized carbons (Fsp3) is 0.438. The van der Waals surface area contributed by atoms with Gasteiger partial charge in [0.15, 0.2) is 23.1 Å². The van der Waals surface area contributed by atoms with Crippen LogP contribution in [-0.2, 0) is 16.1 Å². The summed E-state index contributed by atoms with van der Waals surface area (Å²) in [7, 11) is 0. The fourth-order valence-electron chi connectivity index (χ4n) is 6.36. The number of aromatic hydroxyl groups is 1. The van der Waals surface area contributed by atoms with Crippen LogP contribution in [0.1, 0.15) is 77.3 Å². The minimum Gasteiger partial charge on any atom is -0.503 e. The summed E-state index contributed by atoms with van der Waals surface area (Å²) in [5.41, 5.74) is 4.76. The minimum atomic E-state index is -0.545. The molecule has 1 heterocycles. The number of benzene rings is 2. The Hall–Kier alpha value is -3.05. The Morgan fingerprint density at radius 3 is 2.00 bits per heavy atom. The van der Waals surface area contributed by atoms with Gasteiger partial charge in [-0.2, -0.15) is 0 Å². The number of ketones is 2. The first-order valence-corrected chi connectivity index (χ1v) is 13.8. The van der Waals surface area contributed by atoms with Crippen LogP contribution < -0.4 is 4.74 Å². The molecule has 0 saturated carbocycles. The summed E-state index contributed by atoms with van der Waals surface area (Å²) in [4.78, 5) is 30.2. The molecule has 0 atom stereocenters. The number of carbonyl (C=O) groups is 2. The van der Waals surface area contributed by atoms with Gasteiger partial charge in [0.05, 0.1) is 11.6 Å². The second-order valence-corrected chi connectivity index (χ2v) is 12.8. The number of allylic oxidation sites excluding steroid dienone is 4. The van der Waals surface area contributed by atoms with Gasteiger partial charge in [-0.25, -0.2) is 0 Å². The number of hydrogen-bond donors (Lipinski definition) is 1. The highest BCUT2D eigenvalue weighted by atomic mass is 35.5. The highest BCUT2D eigenvalue weighted by molar-refractivity contribution is 6.32. The highest BCUT2D eigenvalue weighted by Crippen LogP contribution is 2.55. The molecule has 0 saturated heterocycles. The van der Waals surface area contributed by atoms with E-state index in [0.717, 1.165) is 29.8 Å². The monoisotopic (exact) mass is 533 g/mol. The third-order valence-corrected chi connectivity index (χ3v) is 8.18. The summed E-state index contributed by atoms with van der Waals surface area (Å²) < 4.78 is 5.69. The third kappa shape index (κ3) is 4.77. The summed E-state index contributed by atoms with van der Waals surface area (Å²) in [5, 5.41) is 10.7. The Morgan fingerprint density at radius 2 is 1.47 bits per heavy atom. The van der Waals surface area contributed by atoms with Gasteiger partial charge < -0.3 is 14.7 Å². The van der Waals surface area contributed by atoms with E-state index in [1.54, 1.807) is 12.1 Å². The molecule has 200 valence electrons. The van der Waals surface area contributed by atoms with Crippen LogP contribution in [0.15, 0.2) is 65.0 Å². The molecule has 1 N–H and O–H groups in total. The molecule has 6 heteroatoms. The number of halogens is 1. The minimum absolute atomic E-state index is 0.0608. The van der Waals surface area contributed by atoms with Crippen molar-refractivity contribution in [3.05, 3.63) is 81.2 Å². The lowest BCUT2D eigenvalue weighted by molar-refractivity contribution is -0.119. The summed E-state index contributed by atoms with van der Waals surface area (Å²) in [5.74, 6) is -0.291. The van der Waals surface area contributed by atoms with Crippen LogP contribution in [0.2, 0.25) is 5.02 Å². The molecule has 38 heavy (non-hydrogen) atoms. The van der Waals surface area contributed by atoms with Crippen molar-refractivity contribution in [2.75, 3.05) is 6.61 Å². The predicted octanol–water partition coefficient (Wildman–Crippen LogP) is 7.33. The molecular weight excluding hydrogens is 498 g/mol. The second-order valence-electron chi connectivity index (χ2n) is 12.4. The van der Waals surface area contributed by atoms with Crippen molar-refractivity contribution in [2.24, 2.45) is 10.8 Å². The molecular formula is C32H36ClNO4. The molecule has 0 fully saturated rings. The van der Waals surface area contributed by atoms with E-state index in [0.29, 0.717) is 42.7 Å². The van der Waals surface area contributed by atoms with Gasteiger partial charge in [0, 0.05) is 47.8 Å². The van der Waals surface area contributed by atoms with Crippen molar-refractivity contribution in [1.82, 2.24) is 4.90 Å². The Kier molecular flexibility index (Phi) is 6.71. The number of ether oxygens (including phenoxy) is 1. The standard InChI is InChI=1S/C32H36ClNO4/c1-6-38-26-13-20(12-21(33)30(26)37)27-28-22(14-31(2,3)16-24(28)35)34(18-19-10-8-7-9-11-19)23-15-32(4,5)17-25(36)29(23)27/h7-13,27,37H,6,14-18H2,1-5H3. The topological polar surface area (TPSA) is 66.8 Å². The zero-order chi connectivity index (χ0) is 27.4. The number of Topliss-reactive ketones (excluding diaryl/α,β-unsaturated/α-hetero) is 2. The average molecular weight is 534 g/mol. The molecule has 0 amide bonds. The molecule has 2 aliphatic carbocycles. The van der Waals surface area contributed by atoms with Crippen molar-refractivity contribution in [3.8, 4) is 11.5 Å². The van der Waals surface area contributed by atoms with Crippen LogP contribution in [-0.4, -0.2) is 28.2 Å². The Labute approximate surface area is 230 Å². The lowest BCUT2D eigenvalue weighted by atomic mass is 9.63. The molecule has 2 aromatic rings. The van der Waals surface area contributed by atoms with Crippen LogP contribution in [0.5, 0.6) is 11.5 Å². The van der Waals surface area contributed by atoms with E-state index in [2.05, 4.69) is 44.7 Å². The first-order chi connectivity index (χ1) is 17.9. The maximum absolute atomic E-state index is 14.0. The zero-order valence-electron chi connectivity index (χ0n) is 22.9. The first kappa shape index (κ1) is 26.6. The first-order valence-electron chi connectivity index (χ1n) is 13.4. The van der Waals surface area contributed by atoms with Crippen molar-refractivity contribution >= 4 is 23.2 Å². The highest BCUT2D eigenvalue weighted by Gasteiger charge is 2.49. The van der Waals surface area contributed by atoms with Crippen molar-refractivity contribution < 1.29 is 19.4 Å². The number of carbonyl (C=O) groups excluding carboxylic acids is 2. The number of rotatable bonds is 5. The molecule has 0 aromatic heterocycles. The van der Waals surface area contributed by atoms with Crippen LogP contribution in [0.4, 0.5) is 0 Å². The fourth-order valence-corrected chi connectivity index (χ4v) is 6.58. The Balaban J connectivity index is 1.78. The van der Waals surface area contributed by atoms with Gasteiger partial charge in [-0.1, -0.05) is 69.6 Å². The van der Waals surface area contributed by atoms with Gasteiger partial charge in [-0.3, -0.25) is 9.59 Å². The SMILES string of the molecule is CCOc1cc(C2C3=C(CC(C)(C)CC3=O)N(Cc3ccccc3)C3=C2C(=O)CC(C)(C)C3)cc(Cl)c1O. The molecule has 0 bridgehead atoms. The van der Waals surface area contributed by atoms with Gasteiger partial charge in [-0.05, 0) is 53.9 Å². The maximum Gasteiger partial charge on any atom is 0.176 e. The van der Waals surface area contributed by atoms with Gasteiger partial charge in [0.2, 0.25) is 0 Å². The molecule has 0 unspecified atom stereocenters. The van der Waals surface area contributed by atoms with Crippen LogP contribution in [0, 0.1) is 10.8 Å². The maximum atomic E-state index is 14.0. The Bertz CT molecular complexity index is 1320. The number of phenolic OH excluding ortho intramolecular Hbond substituents is 1. The Morgan fingerprint density at radius 1 is 0.921 bits per heavy atom. The smallest absolute Gasteiger partial charge is 0.176 e. The van der Waals surface area contributed by atoms with E-state index in [1.807, 2.05) is 25.1 Å². The summed E-state index contributed by atoms with van der Waals surface area (Å²) >= 11 is 6.48. The van der Waals surface area contributed by atoms with Crippen molar-refractivity contribution in [3.63, 3.8) is 0 Å². The van der Waals surface area contributed by atoms with Crippen LogP contribution in [0.3, 0.4) is 0 Å². The van der Waals surface area contributed by atoms with Crippen LogP contribution >= 0.6 is 11.6 Å². The lowest BCUT2D eigenvalue weighted by Crippen LogP contribution is -2.44. The molecule has 5 nitrogen and oxygen atoms in total. The average Bonchev–Trinajstić information content (AvgIpc) is 2.82. The van der Waals surface area contributed by atoms with E-state index in [4.69, 9.17) is 16.3 Å². The normalized spacial score (nSPS) is 20.9. The summed E-state index contributed by atoms with van der Waals surface area (Å²) in [6, 6.07) is 13.6. The van der Waals surface area contributed by atoms with Crippen molar-refractivity contribution in [2.45, 2.75) is 72.8 Å². The molecule has 0 radical (unpaired) electrons. The zero-order valence-corrected chi connectivity index (χ0v) is 23.6. The largest absolute Gasteiger partial charge is 0.503 e. The molecule has 0 spiro atoms. The van der Waals surface area contributed by atoms with Gasteiger partial charge in [0.25, 0.3) is 0 Å². The predicted molar refractivity (Wildman–Crippen MR) is 149 cm³/mol. The van der Waals surface area contributed by atoms with E-state index >= 15 is 0 Å². The number of phenols is 1. The summed E-state index contributed by atoms with van der Waals surface area (Å²) in [6.07, 6.45) is 2.28. The van der Waals surface area contributed by atoms with E-state index in [1.165, 1.54) is 0 Å². The quantitative estimate of drug-likeness (QED) is 0.436. The van der Waals surface area contributed by atoms with Gasteiger partial charge in [0.1, 0.15) is 0 Å². The molecule has 1 aliphatic heterocycles. The van der Waals surface area contributed by atoms with Gasteiger partial charge in [-0.15, -0.1) is 0 Å².